The molecule has 1 aliphatic rings. The number of aromatic nitrogens is 2. The zero-order valence-electron chi connectivity index (χ0n) is 13.4. The molecule has 136 valence electrons. The van der Waals surface area contributed by atoms with Gasteiger partial charge in [-0.1, -0.05) is 0 Å². The van der Waals surface area contributed by atoms with E-state index in [0.717, 1.165) is 10.6 Å². The van der Waals surface area contributed by atoms with Crippen molar-refractivity contribution in [1.82, 2.24) is 9.55 Å². The van der Waals surface area contributed by atoms with Gasteiger partial charge in [0.05, 0.1) is 6.10 Å². The molecule has 1 aromatic heterocycles. The highest BCUT2D eigenvalue weighted by Gasteiger charge is 2.40. The number of hydrogen-bond acceptors (Lipinski definition) is 6. The van der Waals surface area contributed by atoms with Gasteiger partial charge >= 0.3 is 5.69 Å². The summed E-state index contributed by atoms with van der Waals surface area (Å²) in [6.45, 7) is 0. The highest BCUT2D eigenvalue weighted by atomic mass is 16.5. The molecule has 1 aromatic carbocycles. The van der Waals surface area contributed by atoms with E-state index in [1.54, 1.807) is 0 Å². The molecule has 26 heavy (non-hydrogen) atoms. The SMILES string of the molecule is NC(=O)c1ccc(NC(=O)[C@H]2O[C@@H](n3ccc(=O)[nH]c3=O)C[C@@H]2O)cc1. The minimum atomic E-state index is -1.20. The van der Waals surface area contributed by atoms with Crippen LogP contribution in [0.15, 0.2) is 46.1 Å². The Hall–Kier alpha value is -3.24. The fourth-order valence-corrected chi connectivity index (χ4v) is 2.65. The maximum atomic E-state index is 12.3. The van der Waals surface area contributed by atoms with Gasteiger partial charge in [0.25, 0.3) is 11.5 Å². The maximum absolute atomic E-state index is 12.3. The minimum Gasteiger partial charge on any atom is -0.390 e. The molecular weight excluding hydrogens is 344 g/mol. The molecular formula is C16H16N4O6. The van der Waals surface area contributed by atoms with Gasteiger partial charge in [0.2, 0.25) is 5.91 Å². The van der Waals surface area contributed by atoms with E-state index in [9.17, 15) is 24.3 Å². The summed E-state index contributed by atoms with van der Waals surface area (Å²) in [5.74, 6) is -1.20. The van der Waals surface area contributed by atoms with E-state index in [-0.39, 0.29) is 12.0 Å². The molecule has 0 bridgehead atoms. The number of aliphatic hydroxyl groups is 1. The average Bonchev–Trinajstić information content (AvgIpc) is 2.97. The third-order valence-corrected chi connectivity index (χ3v) is 3.95. The molecule has 0 spiro atoms. The van der Waals surface area contributed by atoms with E-state index in [1.807, 2.05) is 0 Å². The van der Waals surface area contributed by atoms with Crippen LogP contribution in [0.2, 0.25) is 0 Å². The van der Waals surface area contributed by atoms with Gasteiger partial charge in [-0.3, -0.25) is 23.9 Å². The first-order chi connectivity index (χ1) is 12.3. The van der Waals surface area contributed by atoms with Gasteiger partial charge < -0.3 is 20.9 Å². The largest absolute Gasteiger partial charge is 0.390 e. The van der Waals surface area contributed by atoms with E-state index in [2.05, 4.69) is 10.3 Å². The Morgan fingerprint density at radius 2 is 1.92 bits per heavy atom. The molecule has 2 heterocycles. The fourth-order valence-electron chi connectivity index (χ4n) is 2.65. The maximum Gasteiger partial charge on any atom is 0.330 e. The van der Waals surface area contributed by atoms with Gasteiger partial charge in [-0.2, -0.15) is 0 Å². The summed E-state index contributed by atoms with van der Waals surface area (Å²) in [5, 5.41) is 12.7. The van der Waals surface area contributed by atoms with Gasteiger partial charge in [0.15, 0.2) is 6.10 Å². The minimum absolute atomic E-state index is 0.00461. The van der Waals surface area contributed by atoms with E-state index in [1.165, 1.54) is 30.5 Å². The van der Waals surface area contributed by atoms with Crippen LogP contribution in [-0.4, -0.2) is 38.7 Å². The van der Waals surface area contributed by atoms with E-state index in [4.69, 9.17) is 10.5 Å². The first-order valence-corrected chi connectivity index (χ1v) is 7.71. The van der Waals surface area contributed by atoms with Crippen molar-refractivity contribution < 1.29 is 19.4 Å². The number of hydrogen-bond donors (Lipinski definition) is 4. The lowest BCUT2D eigenvalue weighted by Crippen LogP contribution is -2.36. The van der Waals surface area contributed by atoms with Crippen LogP contribution in [0.4, 0.5) is 5.69 Å². The molecule has 1 aliphatic heterocycles. The number of benzene rings is 1. The van der Waals surface area contributed by atoms with Crippen LogP contribution in [-0.2, 0) is 9.53 Å². The lowest BCUT2D eigenvalue weighted by Gasteiger charge is -2.16. The Kier molecular flexibility index (Phi) is 4.69. The van der Waals surface area contributed by atoms with Gasteiger partial charge in [-0.05, 0) is 24.3 Å². The fraction of sp³-hybridized carbons (Fsp3) is 0.250. The number of ether oxygens (including phenoxy) is 1. The molecule has 0 unspecified atom stereocenters. The lowest BCUT2D eigenvalue weighted by molar-refractivity contribution is -0.132. The molecule has 2 aromatic rings. The Morgan fingerprint density at radius 3 is 2.54 bits per heavy atom. The van der Waals surface area contributed by atoms with Crippen molar-refractivity contribution in [2.75, 3.05) is 5.32 Å². The Bertz CT molecular complexity index is 948. The topological polar surface area (TPSA) is 157 Å². The summed E-state index contributed by atoms with van der Waals surface area (Å²) in [7, 11) is 0. The van der Waals surface area contributed by atoms with Crippen molar-refractivity contribution in [3.63, 3.8) is 0 Å². The first kappa shape index (κ1) is 17.6. The number of nitrogens with zero attached hydrogens (tertiary/aromatic N) is 1. The van der Waals surface area contributed by atoms with Gasteiger partial charge in [0, 0.05) is 29.9 Å². The number of aromatic amines is 1. The third kappa shape index (κ3) is 3.55. The smallest absolute Gasteiger partial charge is 0.330 e. The monoisotopic (exact) mass is 360 g/mol. The van der Waals surface area contributed by atoms with E-state index < -0.39 is 41.5 Å². The summed E-state index contributed by atoms with van der Waals surface area (Å²) in [6, 6.07) is 7.02. The summed E-state index contributed by atoms with van der Waals surface area (Å²) in [4.78, 5) is 48.4. The highest BCUT2D eigenvalue weighted by Crippen LogP contribution is 2.28. The van der Waals surface area contributed by atoms with Crippen LogP contribution in [0.1, 0.15) is 23.0 Å². The Balaban J connectivity index is 1.71. The van der Waals surface area contributed by atoms with Crippen LogP contribution in [0.5, 0.6) is 0 Å². The molecule has 10 heteroatoms. The summed E-state index contributed by atoms with van der Waals surface area (Å²) >= 11 is 0. The lowest BCUT2D eigenvalue weighted by atomic mass is 10.1. The number of H-pyrrole nitrogens is 1. The molecule has 1 saturated heterocycles. The normalized spacial score (nSPS) is 22.1. The Labute approximate surface area is 146 Å². The van der Waals surface area contributed by atoms with Crippen molar-refractivity contribution in [2.24, 2.45) is 5.73 Å². The number of aliphatic hydroxyl groups excluding tert-OH is 1. The van der Waals surface area contributed by atoms with Crippen LogP contribution in [0.25, 0.3) is 0 Å². The summed E-state index contributed by atoms with van der Waals surface area (Å²) < 4.78 is 6.58. The van der Waals surface area contributed by atoms with E-state index in [0.29, 0.717) is 5.69 Å². The van der Waals surface area contributed by atoms with Crippen molar-refractivity contribution in [2.45, 2.75) is 24.9 Å². The number of primary amides is 1. The number of carbonyl (C=O) groups is 2. The van der Waals surface area contributed by atoms with Crippen LogP contribution < -0.4 is 22.3 Å². The van der Waals surface area contributed by atoms with Crippen molar-refractivity contribution in [3.05, 3.63) is 62.9 Å². The number of nitrogens with one attached hydrogen (secondary N) is 2. The molecule has 0 saturated carbocycles. The van der Waals surface area contributed by atoms with Crippen LogP contribution in [0.3, 0.4) is 0 Å². The standard InChI is InChI=1S/C16H16N4O6/c17-14(23)8-1-3-9(4-2-8)18-15(24)13-10(21)7-12(26-13)20-6-5-11(22)19-16(20)25/h1-6,10,12-13,21H,7H2,(H2,17,23)(H,18,24)(H,19,22,25)/t10-,12+,13-/m0/s1. The van der Waals surface area contributed by atoms with Gasteiger partial charge in [0.1, 0.15) is 6.23 Å². The highest BCUT2D eigenvalue weighted by molar-refractivity contribution is 5.96. The predicted octanol–water partition coefficient (Wildman–Crippen LogP) is -1.08. The van der Waals surface area contributed by atoms with Crippen molar-refractivity contribution in [1.29, 1.82) is 0 Å². The molecule has 3 rings (SSSR count). The predicted molar refractivity (Wildman–Crippen MR) is 89.4 cm³/mol. The third-order valence-electron chi connectivity index (χ3n) is 3.95. The zero-order valence-corrected chi connectivity index (χ0v) is 13.4. The van der Waals surface area contributed by atoms with E-state index >= 15 is 0 Å². The Morgan fingerprint density at radius 1 is 1.23 bits per heavy atom. The van der Waals surface area contributed by atoms with Crippen LogP contribution >= 0.6 is 0 Å². The summed E-state index contributed by atoms with van der Waals surface area (Å²) in [6.07, 6.45) is -1.98. The number of amides is 2. The second-order valence-electron chi connectivity index (χ2n) is 5.76. The molecule has 10 nitrogen and oxygen atoms in total. The number of carbonyl (C=O) groups excluding carboxylic acids is 2. The number of nitrogens with two attached hydrogens (primary N) is 1. The molecule has 1 fully saturated rings. The molecule has 0 aliphatic carbocycles. The quantitative estimate of drug-likeness (QED) is 0.543. The second-order valence-corrected chi connectivity index (χ2v) is 5.76. The second kappa shape index (κ2) is 6.94. The summed E-state index contributed by atoms with van der Waals surface area (Å²) in [5.41, 5.74) is 4.57. The van der Waals surface area contributed by atoms with Gasteiger partial charge in [-0.15, -0.1) is 0 Å². The van der Waals surface area contributed by atoms with Crippen LogP contribution in [0, 0.1) is 0 Å². The number of anilines is 1. The number of rotatable bonds is 4. The molecule has 3 atom stereocenters. The first-order valence-electron chi connectivity index (χ1n) is 7.71. The van der Waals surface area contributed by atoms with Gasteiger partial charge in [-0.25, -0.2) is 4.79 Å². The average molecular weight is 360 g/mol. The molecule has 2 amide bonds. The zero-order chi connectivity index (χ0) is 18.8. The molecule has 0 radical (unpaired) electrons. The van der Waals surface area contributed by atoms with Crippen molar-refractivity contribution >= 4 is 17.5 Å². The van der Waals surface area contributed by atoms with Crippen molar-refractivity contribution in [3.8, 4) is 0 Å². The molecule has 5 N–H and O–H groups in total.